The van der Waals surface area contributed by atoms with Crippen molar-refractivity contribution in [2.75, 3.05) is 0 Å². The second-order valence-electron chi connectivity index (χ2n) is 3.51. The van der Waals surface area contributed by atoms with Crippen LogP contribution in [0.25, 0.3) is 10.9 Å². The zero-order chi connectivity index (χ0) is 12.0. The van der Waals surface area contributed by atoms with Crippen molar-refractivity contribution in [2.45, 2.75) is 13.8 Å². The fourth-order valence-electron chi connectivity index (χ4n) is 1.49. The van der Waals surface area contributed by atoms with Gasteiger partial charge in [0, 0.05) is 17.1 Å². The van der Waals surface area contributed by atoms with Gasteiger partial charge >= 0.3 is 0 Å². The lowest BCUT2D eigenvalue weighted by atomic mass is 10.1. The van der Waals surface area contributed by atoms with Gasteiger partial charge in [-0.1, -0.05) is 11.6 Å². The van der Waals surface area contributed by atoms with Crippen molar-refractivity contribution in [3.05, 3.63) is 38.5 Å². The van der Waals surface area contributed by atoms with E-state index in [1.54, 1.807) is 13.8 Å². The van der Waals surface area contributed by atoms with E-state index in [0.717, 1.165) is 11.6 Å². The highest BCUT2D eigenvalue weighted by molar-refractivity contribution is 9.10. The smallest absolute Gasteiger partial charge is 0.152 e. The second-order valence-corrected chi connectivity index (χ2v) is 4.68. The molecule has 84 valence electrons. The lowest BCUT2D eigenvalue weighted by molar-refractivity contribution is 0.586. The first-order valence-corrected chi connectivity index (χ1v) is 5.70. The quantitative estimate of drug-likeness (QED) is 0.651. The number of aryl methyl sites for hydroxylation is 1. The Bertz CT molecular complexity index is 599. The number of benzene rings is 1. The maximum absolute atomic E-state index is 13.5. The number of hydrogen-bond acceptors (Lipinski definition) is 1. The molecule has 0 bridgehead atoms. The summed E-state index contributed by atoms with van der Waals surface area (Å²) >= 11 is 9.14. The Labute approximate surface area is 105 Å². The Morgan fingerprint density at radius 2 is 1.88 bits per heavy atom. The number of hydrogen-bond donors (Lipinski definition) is 0. The molecule has 2 aromatic rings. The zero-order valence-corrected chi connectivity index (χ0v) is 10.9. The Balaban J connectivity index is 3.07. The van der Waals surface area contributed by atoms with Crippen LogP contribution in [0.3, 0.4) is 0 Å². The molecule has 0 N–H and O–H groups in total. The van der Waals surface area contributed by atoms with Gasteiger partial charge in [0.05, 0.1) is 9.50 Å². The van der Waals surface area contributed by atoms with Crippen molar-refractivity contribution in [3.63, 3.8) is 0 Å². The number of pyridine rings is 1. The molecule has 0 radical (unpaired) electrons. The highest BCUT2D eigenvalue weighted by Gasteiger charge is 2.17. The molecule has 1 aromatic carbocycles. The van der Waals surface area contributed by atoms with Gasteiger partial charge in [-0.25, -0.2) is 13.8 Å². The average Bonchev–Trinajstić information content (AvgIpc) is 2.22. The molecule has 2 rings (SSSR count). The summed E-state index contributed by atoms with van der Waals surface area (Å²) in [5, 5.41) is 0.607. The summed E-state index contributed by atoms with van der Waals surface area (Å²) in [5.74, 6) is -1.39. The highest BCUT2D eigenvalue weighted by atomic mass is 79.9. The van der Waals surface area contributed by atoms with Crippen molar-refractivity contribution >= 4 is 38.4 Å². The number of rotatable bonds is 0. The van der Waals surface area contributed by atoms with Gasteiger partial charge in [0.1, 0.15) is 11.3 Å². The molecule has 16 heavy (non-hydrogen) atoms. The van der Waals surface area contributed by atoms with E-state index in [2.05, 4.69) is 20.9 Å². The number of fused-ring (bicyclic) bond motifs is 1. The van der Waals surface area contributed by atoms with Crippen molar-refractivity contribution in [2.24, 2.45) is 0 Å². The maximum atomic E-state index is 13.5. The van der Waals surface area contributed by atoms with Gasteiger partial charge in [-0.2, -0.15) is 0 Å². The third kappa shape index (κ3) is 1.60. The predicted octanol–water partition coefficient (Wildman–Crippen LogP) is 4.55. The van der Waals surface area contributed by atoms with Crippen molar-refractivity contribution in [1.29, 1.82) is 0 Å². The van der Waals surface area contributed by atoms with Gasteiger partial charge in [-0.15, -0.1) is 0 Å². The van der Waals surface area contributed by atoms with Crippen molar-refractivity contribution in [3.8, 4) is 0 Å². The summed E-state index contributed by atoms with van der Waals surface area (Å²) in [6, 6.07) is 0.796. The van der Waals surface area contributed by atoms with E-state index in [9.17, 15) is 8.78 Å². The molecule has 0 saturated heterocycles. The molecule has 0 atom stereocenters. The van der Waals surface area contributed by atoms with Crippen LogP contribution in [0.5, 0.6) is 0 Å². The first-order chi connectivity index (χ1) is 7.43. The largest absolute Gasteiger partial charge is 0.250 e. The van der Waals surface area contributed by atoms with Crippen LogP contribution in [-0.2, 0) is 0 Å². The highest BCUT2D eigenvalue weighted by Crippen LogP contribution is 2.35. The first-order valence-electron chi connectivity index (χ1n) is 4.53. The summed E-state index contributed by atoms with van der Waals surface area (Å²) in [5.41, 5.74) is 1.44. The van der Waals surface area contributed by atoms with Gasteiger partial charge in [0.25, 0.3) is 0 Å². The minimum absolute atomic E-state index is 0.0846. The summed E-state index contributed by atoms with van der Waals surface area (Å²) in [6.07, 6.45) is 0. The Hall–Kier alpha value is -0.740. The van der Waals surface area contributed by atoms with Crippen LogP contribution < -0.4 is 0 Å². The van der Waals surface area contributed by atoms with Crippen LogP contribution in [0.1, 0.15) is 11.3 Å². The topological polar surface area (TPSA) is 12.9 Å². The monoisotopic (exact) mass is 305 g/mol. The van der Waals surface area contributed by atoms with Gasteiger partial charge in [-0.3, -0.25) is 0 Å². The molecule has 0 unspecified atom stereocenters. The molecule has 0 spiro atoms. The fraction of sp³-hybridized carbons (Fsp3) is 0.182. The van der Waals surface area contributed by atoms with Crippen LogP contribution in [-0.4, -0.2) is 4.98 Å². The number of aromatic nitrogens is 1. The van der Waals surface area contributed by atoms with E-state index in [1.807, 2.05) is 0 Å². The molecule has 0 aliphatic rings. The third-order valence-electron chi connectivity index (χ3n) is 2.52. The lowest BCUT2D eigenvalue weighted by Crippen LogP contribution is -1.96. The van der Waals surface area contributed by atoms with Gasteiger partial charge in [-0.05, 0) is 35.3 Å². The fourth-order valence-corrected chi connectivity index (χ4v) is 2.43. The number of nitrogens with zero attached hydrogens (tertiary/aromatic N) is 1. The van der Waals surface area contributed by atoms with Crippen molar-refractivity contribution in [1.82, 2.24) is 4.98 Å². The van der Waals surface area contributed by atoms with E-state index < -0.39 is 11.6 Å². The first kappa shape index (κ1) is 11.7. The maximum Gasteiger partial charge on any atom is 0.152 e. The Kier molecular flexibility index (Phi) is 2.88. The molecule has 0 amide bonds. The normalized spacial score (nSPS) is 11.1. The molecular weight excluding hydrogens is 299 g/mol. The van der Waals surface area contributed by atoms with Crippen LogP contribution in [0.2, 0.25) is 5.02 Å². The van der Waals surface area contributed by atoms with Crippen LogP contribution in [0.4, 0.5) is 8.78 Å². The lowest BCUT2D eigenvalue weighted by Gasteiger charge is -2.09. The summed E-state index contributed by atoms with van der Waals surface area (Å²) in [7, 11) is 0. The van der Waals surface area contributed by atoms with Crippen molar-refractivity contribution < 1.29 is 8.78 Å². The summed E-state index contributed by atoms with van der Waals surface area (Å²) in [6.45, 7) is 3.50. The standard InChI is InChI=1S/C11H7BrClF2N/c1-4-5(2)16-11-7(15)3-6(14)9(12)8(11)10(4)13/h3H,1-2H3. The molecule has 0 saturated carbocycles. The molecule has 1 nitrogen and oxygen atoms in total. The third-order valence-corrected chi connectivity index (χ3v) is 3.76. The van der Waals surface area contributed by atoms with Crippen LogP contribution >= 0.6 is 27.5 Å². The molecule has 0 aliphatic heterocycles. The van der Waals surface area contributed by atoms with Gasteiger partial charge in [0.15, 0.2) is 5.82 Å². The van der Waals surface area contributed by atoms with Crippen LogP contribution in [0.15, 0.2) is 10.5 Å². The number of halogens is 4. The van der Waals surface area contributed by atoms with E-state index in [4.69, 9.17) is 11.6 Å². The average molecular weight is 307 g/mol. The molecular formula is C11H7BrClF2N. The minimum Gasteiger partial charge on any atom is -0.250 e. The van der Waals surface area contributed by atoms with Gasteiger partial charge in [0.2, 0.25) is 0 Å². The molecule has 0 aliphatic carbocycles. The van der Waals surface area contributed by atoms with Crippen LogP contribution in [0, 0.1) is 25.5 Å². The van der Waals surface area contributed by atoms with Gasteiger partial charge < -0.3 is 0 Å². The second kappa shape index (κ2) is 3.93. The molecule has 1 aromatic heterocycles. The van der Waals surface area contributed by atoms with E-state index in [0.29, 0.717) is 10.7 Å². The zero-order valence-electron chi connectivity index (χ0n) is 8.54. The molecule has 5 heteroatoms. The SMILES string of the molecule is Cc1nc2c(F)cc(F)c(Br)c2c(Cl)c1C. The minimum atomic E-state index is -0.708. The van der Waals surface area contributed by atoms with E-state index >= 15 is 0 Å². The Morgan fingerprint density at radius 1 is 1.25 bits per heavy atom. The molecule has 0 fully saturated rings. The summed E-state index contributed by atoms with van der Waals surface area (Å²) < 4.78 is 27.0. The summed E-state index contributed by atoms with van der Waals surface area (Å²) in [4.78, 5) is 4.08. The van der Waals surface area contributed by atoms with E-state index in [-0.39, 0.29) is 15.4 Å². The Morgan fingerprint density at radius 3 is 2.50 bits per heavy atom. The molecule has 1 heterocycles. The predicted molar refractivity (Wildman–Crippen MR) is 63.8 cm³/mol. The van der Waals surface area contributed by atoms with E-state index in [1.165, 1.54) is 0 Å².